The maximum absolute atomic E-state index is 12.8. The number of benzene rings is 2. The Balaban J connectivity index is 1.38. The quantitative estimate of drug-likeness (QED) is 0.309. The maximum Gasteiger partial charge on any atom is 0.276 e. The number of amides is 2. The van der Waals surface area contributed by atoms with Crippen LogP contribution in [0.1, 0.15) is 20.8 Å². The van der Waals surface area contributed by atoms with Gasteiger partial charge in [0.05, 0.1) is 16.8 Å². The summed E-state index contributed by atoms with van der Waals surface area (Å²) >= 11 is 5.95. The number of aromatic nitrogens is 5. The van der Waals surface area contributed by atoms with Gasteiger partial charge in [-0.3, -0.25) is 20.2 Å². The van der Waals surface area contributed by atoms with Crippen LogP contribution in [0.15, 0.2) is 73.1 Å². The standard InChI is InChI=1S/C23H16ClN7O2/c24-14-9-7-13(8-10-14)16-4-2-6-18(27-16)21(33)31-23-28-17-5-1-3-15(19(17)29-23)20(32)30-22-25-11-12-26-22/h1-12H,(H2,25,26,30,32)(H2,28,29,31,33). The number of nitrogens with one attached hydrogen (secondary N) is 4. The number of aromatic amines is 2. The molecule has 10 heteroatoms. The molecule has 4 N–H and O–H groups in total. The molecule has 3 heterocycles. The van der Waals surface area contributed by atoms with Crippen LogP contribution >= 0.6 is 11.6 Å². The van der Waals surface area contributed by atoms with E-state index in [0.29, 0.717) is 33.3 Å². The van der Waals surface area contributed by atoms with Gasteiger partial charge in [-0.15, -0.1) is 0 Å². The number of rotatable bonds is 5. The van der Waals surface area contributed by atoms with Gasteiger partial charge in [0.1, 0.15) is 11.2 Å². The first kappa shape index (κ1) is 20.4. The van der Waals surface area contributed by atoms with Crippen LogP contribution in [-0.2, 0) is 0 Å². The van der Waals surface area contributed by atoms with E-state index < -0.39 is 5.91 Å². The average molecular weight is 458 g/mol. The lowest BCUT2D eigenvalue weighted by Gasteiger charge is -2.05. The van der Waals surface area contributed by atoms with E-state index in [4.69, 9.17) is 11.6 Å². The van der Waals surface area contributed by atoms with E-state index in [1.54, 1.807) is 48.7 Å². The minimum absolute atomic E-state index is 0.201. The van der Waals surface area contributed by atoms with E-state index in [1.807, 2.05) is 18.2 Å². The van der Waals surface area contributed by atoms with Crippen molar-refractivity contribution in [3.8, 4) is 11.3 Å². The summed E-state index contributed by atoms with van der Waals surface area (Å²) in [5.41, 5.74) is 3.05. The molecule has 0 atom stereocenters. The van der Waals surface area contributed by atoms with Crippen molar-refractivity contribution in [2.24, 2.45) is 0 Å². The number of pyridine rings is 1. The molecule has 0 bridgehead atoms. The molecule has 0 aliphatic rings. The second-order valence-corrected chi connectivity index (χ2v) is 7.48. The normalized spacial score (nSPS) is 10.8. The van der Waals surface area contributed by atoms with Gasteiger partial charge in [-0.2, -0.15) is 0 Å². The van der Waals surface area contributed by atoms with Crippen LogP contribution in [-0.4, -0.2) is 36.7 Å². The Kier molecular flexibility index (Phi) is 5.29. The summed E-state index contributed by atoms with van der Waals surface area (Å²) in [6, 6.07) is 17.5. The summed E-state index contributed by atoms with van der Waals surface area (Å²) in [6.07, 6.45) is 3.14. The van der Waals surface area contributed by atoms with Gasteiger partial charge in [0.2, 0.25) is 11.9 Å². The SMILES string of the molecule is O=C(Nc1nc2c(C(=O)Nc3ncc[nH]3)cccc2[nH]1)c1cccc(-c2ccc(Cl)cc2)n1. The van der Waals surface area contributed by atoms with Crippen molar-refractivity contribution in [2.45, 2.75) is 0 Å². The van der Waals surface area contributed by atoms with Crippen LogP contribution in [0.25, 0.3) is 22.3 Å². The molecular formula is C23H16ClN7O2. The maximum atomic E-state index is 12.8. The van der Waals surface area contributed by atoms with Crippen LogP contribution in [0.3, 0.4) is 0 Å². The average Bonchev–Trinajstić information content (AvgIpc) is 3.48. The number of hydrogen-bond acceptors (Lipinski definition) is 5. The van der Waals surface area contributed by atoms with E-state index in [-0.39, 0.29) is 17.5 Å². The second kappa shape index (κ2) is 8.56. The number of anilines is 2. The minimum atomic E-state index is -0.438. The number of carbonyl (C=O) groups excluding carboxylic acids is 2. The number of fused-ring (bicyclic) bond motifs is 1. The molecule has 0 aliphatic heterocycles. The summed E-state index contributed by atoms with van der Waals surface area (Å²) in [4.78, 5) is 44.1. The van der Waals surface area contributed by atoms with Gasteiger partial charge in [0.25, 0.3) is 11.8 Å². The fourth-order valence-corrected chi connectivity index (χ4v) is 3.42. The summed E-state index contributed by atoms with van der Waals surface area (Å²) < 4.78 is 0. The first-order valence-electron chi connectivity index (χ1n) is 9.90. The molecule has 5 aromatic rings. The van der Waals surface area contributed by atoms with E-state index >= 15 is 0 Å². The second-order valence-electron chi connectivity index (χ2n) is 7.05. The summed E-state index contributed by atoms with van der Waals surface area (Å²) in [7, 11) is 0. The summed E-state index contributed by atoms with van der Waals surface area (Å²) in [6.45, 7) is 0. The smallest absolute Gasteiger partial charge is 0.276 e. The molecule has 162 valence electrons. The zero-order valence-electron chi connectivity index (χ0n) is 17.0. The van der Waals surface area contributed by atoms with Gasteiger partial charge in [0.15, 0.2) is 0 Å². The number of carbonyl (C=O) groups is 2. The van der Waals surface area contributed by atoms with Crippen molar-refractivity contribution in [3.05, 3.63) is 89.3 Å². The Morgan fingerprint density at radius 2 is 1.64 bits per heavy atom. The van der Waals surface area contributed by atoms with E-state index in [1.165, 1.54) is 6.20 Å². The number of nitrogens with zero attached hydrogens (tertiary/aromatic N) is 3. The highest BCUT2D eigenvalue weighted by atomic mass is 35.5. The lowest BCUT2D eigenvalue weighted by atomic mass is 10.1. The zero-order valence-corrected chi connectivity index (χ0v) is 17.7. The molecule has 2 aromatic carbocycles. The number of hydrogen-bond donors (Lipinski definition) is 4. The molecule has 0 aliphatic carbocycles. The lowest BCUT2D eigenvalue weighted by Crippen LogP contribution is -2.15. The van der Waals surface area contributed by atoms with Gasteiger partial charge in [0, 0.05) is 23.0 Å². The number of para-hydroxylation sites is 1. The fraction of sp³-hybridized carbons (Fsp3) is 0. The Morgan fingerprint density at radius 3 is 2.42 bits per heavy atom. The van der Waals surface area contributed by atoms with E-state index in [9.17, 15) is 9.59 Å². The Hall–Kier alpha value is -4.50. The van der Waals surface area contributed by atoms with Gasteiger partial charge >= 0.3 is 0 Å². The minimum Gasteiger partial charge on any atom is -0.331 e. The number of imidazole rings is 2. The third kappa shape index (κ3) is 4.30. The molecule has 2 amide bonds. The monoisotopic (exact) mass is 457 g/mol. The van der Waals surface area contributed by atoms with Gasteiger partial charge in [-0.25, -0.2) is 15.0 Å². The molecule has 0 spiro atoms. The molecule has 0 radical (unpaired) electrons. The third-order valence-corrected chi connectivity index (χ3v) is 5.09. The summed E-state index contributed by atoms with van der Waals surface area (Å²) in [5, 5.41) is 5.99. The molecule has 0 saturated carbocycles. The van der Waals surface area contributed by atoms with Crippen molar-refractivity contribution in [2.75, 3.05) is 10.6 Å². The van der Waals surface area contributed by atoms with Gasteiger partial charge in [-0.05, 0) is 36.4 Å². The van der Waals surface area contributed by atoms with Gasteiger partial charge in [-0.1, -0.05) is 35.9 Å². The summed E-state index contributed by atoms with van der Waals surface area (Å²) in [5.74, 6) is -0.289. The van der Waals surface area contributed by atoms with Crippen LogP contribution in [0.5, 0.6) is 0 Å². The van der Waals surface area contributed by atoms with Crippen molar-refractivity contribution in [1.82, 2.24) is 24.9 Å². The third-order valence-electron chi connectivity index (χ3n) is 4.84. The van der Waals surface area contributed by atoms with E-state index in [2.05, 4.69) is 35.6 Å². The Bertz CT molecular complexity index is 1460. The highest BCUT2D eigenvalue weighted by molar-refractivity contribution is 6.30. The van der Waals surface area contributed by atoms with Gasteiger partial charge < -0.3 is 9.97 Å². The predicted molar refractivity (Wildman–Crippen MR) is 125 cm³/mol. The first-order chi connectivity index (χ1) is 16.1. The first-order valence-corrected chi connectivity index (χ1v) is 10.3. The number of H-pyrrole nitrogens is 2. The van der Waals surface area contributed by atoms with Crippen molar-refractivity contribution < 1.29 is 9.59 Å². The number of halogens is 1. The zero-order chi connectivity index (χ0) is 22.8. The van der Waals surface area contributed by atoms with Crippen LogP contribution in [0.2, 0.25) is 5.02 Å². The predicted octanol–water partition coefficient (Wildman–Crippen LogP) is 4.51. The highest BCUT2D eigenvalue weighted by Gasteiger charge is 2.17. The Labute approximate surface area is 192 Å². The molecule has 0 fully saturated rings. The molecule has 33 heavy (non-hydrogen) atoms. The fourth-order valence-electron chi connectivity index (χ4n) is 3.30. The molecule has 0 saturated heterocycles. The molecule has 9 nitrogen and oxygen atoms in total. The van der Waals surface area contributed by atoms with Crippen LogP contribution in [0, 0.1) is 0 Å². The van der Waals surface area contributed by atoms with E-state index in [0.717, 1.165) is 5.56 Å². The largest absolute Gasteiger partial charge is 0.331 e. The van der Waals surface area contributed by atoms with Crippen molar-refractivity contribution in [3.63, 3.8) is 0 Å². The van der Waals surface area contributed by atoms with Crippen LogP contribution in [0.4, 0.5) is 11.9 Å². The molecule has 0 unspecified atom stereocenters. The van der Waals surface area contributed by atoms with Crippen molar-refractivity contribution in [1.29, 1.82) is 0 Å². The van der Waals surface area contributed by atoms with Crippen molar-refractivity contribution >= 4 is 46.3 Å². The molecular weight excluding hydrogens is 442 g/mol. The molecule has 5 rings (SSSR count). The lowest BCUT2D eigenvalue weighted by molar-refractivity contribution is 0.101. The molecule has 3 aromatic heterocycles. The topological polar surface area (TPSA) is 128 Å². The van der Waals surface area contributed by atoms with Crippen LogP contribution < -0.4 is 10.6 Å². The Morgan fingerprint density at radius 1 is 0.848 bits per heavy atom. The highest BCUT2D eigenvalue weighted by Crippen LogP contribution is 2.22.